The fourth-order valence-corrected chi connectivity index (χ4v) is 3.21. The highest BCUT2D eigenvalue weighted by Crippen LogP contribution is 2.19. The van der Waals surface area contributed by atoms with Crippen molar-refractivity contribution in [1.82, 2.24) is 9.80 Å². The molecule has 1 saturated heterocycles. The van der Waals surface area contributed by atoms with Crippen LogP contribution in [0.4, 0.5) is 0 Å². The van der Waals surface area contributed by atoms with E-state index in [4.69, 9.17) is 10.2 Å². The first kappa shape index (κ1) is 16.0. The van der Waals surface area contributed by atoms with Crippen LogP contribution in [0.1, 0.15) is 21.7 Å². The van der Waals surface area contributed by atoms with E-state index in [0.29, 0.717) is 23.5 Å². The average molecular weight is 308 g/mol. The fraction of sp³-hybridized carbons (Fsp3) is 0.533. The zero-order chi connectivity index (χ0) is 15.1. The summed E-state index contributed by atoms with van der Waals surface area (Å²) in [7, 11) is 0. The van der Waals surface area contributed by atoms with Crippen LogP contribution in [0, 0.1) is 11.8 Å². The van der Waals surface area contributed by atoms with Crippen LogP contribution in [-0.4, -0.2) is 71.9 Å². The summed E-state index contributed by atoms with van der Waals surface area (Å²) in [6.45, 7) is 3.70. The van der Waals surface area contributed by atoms with Gasteiger partial charge in [-0.1, -0.05) is 11.8 Å². The summed E-state index contributed by atoms with van der Waals surface area (Å²) in [5.74, 6) is 5.43. The molecule has 0 unspecified atom stereocenters. The van der Waals surface area contributed by atoms with Gasteiger partial charge in [0.05, 0.1) is 6.61 Å². The quantitative estimate of drug-likeness (QED) is 0.785. The van der Waals surface area contributed by atoms with Crippen molar-refractivity contribution in [2.75, 3.05) is 45.9 Å². The van der Waals surface area contributed by atoms with Gasteiger partial charge in [-0.3, -0.25) is 9.69 Å². The van der Waals surface area contributed by atoms with E-state index < -0.39 is 0 Å². The van der Waals surface area contributed by atoms with Crippen molar-refractivity contribution in [3.63, 3.8) is 0 Å². The molecule has 1 aromatic heterocycles. The van der Waals surface area contributed by atoms with E-state index in [0.717, 1.165) is 26.1 Å². The van der Waals surface area contributed by atoms with Crippen molar-refractivity contribution in [1.29, 1.82) is 0 Å². The summed E-state index contributed by atoms with van der Waals surface area (Å²) >= 11 is 1.39. The first-order valence-electron chi connectivity index (χ1n) is 7.06. The Morgan fingerprint density at radius 1 is 1.29 bits per heavy atom. The number of aliphatic hydroxyl groups is 2. The van der Waals surface area contributed by atoms with Crippen molar-refractivity contribution in [2.45, 2.75) is 6.42 Å². The second-order valence-corrected chi connectivity index (χ2v) is 5.75. The predicted molar refractivity (Wildman–Crippen MR) is 82.3 cm³/mol. The molecule has 2 N–H and O–H groups in total. The average Bonchev–Trinajstić information content (AvgIpc) is 2.83. The van der Waals surface area contributed by atoms with Crippen LogP contribution >= 0.6 is 11.3 Å². The maximum Gasteiger partial charge on any atom is 0.265 e. The van der Waals surface area contributed by atoms with E-state index in [2.05, 4.69) is 16.7 Å². The Kier molecular flexibility index (Phi) is 6.21. The molecule has 0 aromatic carbocycles. The van der Waals surface area contributed by atoms with E-state index in [1.807, 2.05) is 16.3 Å². The molecule has 5 nitrogen and oxygen atoms in total. The fourth-order valence-electron chi connectivity index (χ4n) is 2.39. The van der Waals surface area contributed by atoms with Crippen LogP contribution < -0.4 is 0 Å². The summed E-state index contributed by atoms with van der Waals surface area (Å²) in [6.07, 6.45) is 0.911. The molecule has 1 amide bonds. The van der Waals surface area contributed by atoms with E-state index >= 15 is 0 Å². The predicted octanol–water partition coefficient (Wildman–Crippen LogP) is 0.232. The van der Waals surface area contributed by atoms with Gasteiger partial charge in [0.25, 0.3) is 5.91 Å². The number of aliphatic hydroxyl groups excluding tert-OH is 2. The van der Waals surface area contributed by atoms with Crippen LogP contribution in [0.15, 0.2) is 11.4 Å². The minimum atomic E-state index is -0.205. The van der Waals surface area contributed by atoms with Gasteiger partial charge in [-0.2, -0.15) is 0 Å². The van der Waals surface area contributed by atoms with Gasteiger partial charge in [-0.25, -0.2) is 0 Å². The van der Waals surface area contributed by atoms with E-state index in [1.54, 1.807) is 0 Å². The largest absolute Gasteiger partial charge is 0.395 e. The molecule has 1 fully saturated rings. The number of nitrogens with zero attached hydrogens (tertiary/aromatic N) is 2. The lowest BCUT2D eigenvalue weighted by atomic mass is 10.2. The van der Waals surface area contributed by atoms with Crippen LogP contribution in [0.25, 0.3) is 0 Å². The minimum Gasteiger partial charge on any atom is -0.395 e. The summed E-state index contributed by atoms with van der Waals surface area (Å²) in [5.41, 5.74) is 0.690. The normalized spacial score (nSPS) is 16.2. The SMILES string of the molecule is O=C(c1sccc1C#CCO)N1CCCN(CCO)CC1. The Labute approximate surface area is 128 Å². The first-order valence-corrected chi connectivity index (χ1v) is 7.94. The Bertz CT molecular complexity index is 533. The standard InChI is InChI=1S/C15H20N2O3S/c18-10-1-3-13-4-12-21-14(13)15(20)17-6-2-5-16(7-8-17)9-11-19/h4,12,18-19H,2,5-11H2. The molecule has 21 heavy (non-hydrogen) atoms. The number of carbonyl (C=O) groups excluding carboxylic acids is 1. The molecule has 2 heterocycles. The molecule has 0 saturated carbocycles. The summed E-state index contributed by atoms with van der Waals surface area (Å²) < 4.78 is 0. The minimum absolute atomic E-state index is 0.0121. The molecule has 1 aromatic rings. The number of β-amino-alcohol motifs (C(OH)–C–C–N with tert-alkyl or cyclic N) is 1. The molecule has 0 bridgehead atoms. The van der Waals surface area contributed by atoms with E-state index in [9.17, 15) is 4.79 Å². The van der Waals surface area contributed by atoms with Gasteiger partial charge in [0.1, 0.15) is 11.5 Å². The molecule has 1 aliphatic heterocycles. The zero-order valence-electron chi connectivity index (χ0n) is 11.9. The van der Waals surface area contributed by atoms with Crippen LogP contribution in [-0.2, 0) is 0 Å². The van der Waals surface area contributed by atoms with Gasteiger partial charge in [0.2, 0.25) is 0 Å². The molecule has 0 aliphatic carbocycles. The van der Waals surface area contributed by atoms with Crippen molar-refractivity contribution in [3.05, 3.63) is 21.9 Å². The highest BCUT2D eigenvalue weighted by Gasteiger charge is 2.22. The van der Waals surface area contributed by atoms with Gasteiger partial charge >= 0.3 is 0 Å². The maximum atomic E-state index is 12.6. The van der Waals surface area contributed by atoms with Crippen molar-refractivity contribution < 1.29 is 15.0 Å². The first-order chi connectivity index (χ1) is 10.3. The molecule has 0 radical (unpaired) electrons. The Balaban J connectivity index is 2.05. The summed E-state index contributed by atoms with van der Waals surface area (Å²) in [4.78, 5) is 17.3. The molecule has 6 heteroatoms. The number of amides is 1. The maximum absolute atomic E-state index is 12.6. The third kappa shape index (κ3) is 4.29. The van der Waals surface area contributed by atoms with Gasteiger partial charge in [-0.15, -0.1) is 11.3 Å². The highest BCUT2D eigenvalue weighted by molar-refractivity contribution is 7.12. The highest BCUT2D eigenvalue weighted by atomic mass is 32.1. The van der Waals surface area contributed by atoms with E-state index in [-0.39, 0.29) is 19.1 Å². The van der Waals surface area contributed by atoms with Crippen molar-refractivity contribution >= 4 is 17.2 Å². The third-order valence-electron chi connectivity index (χ3n) is 3.45. The van der Waals surface area contributed by atoms with E-state index in [1.165, 1.54) is 11.3 Å². The van der Waals surface area contributed by atoms with Gasteiger partial charge in [-0.05, 0) is 24.4 Å². The van der Waals surface area contributed by atoms with Gasteiger partial charge in [0, 0.05) is 31.7 Å². The third-order valence-corrected chi connectivity index (χ3v) is 4.36. The second kappa shape index (κ2) is 8.15. The second-order valence-electron chi connectivity index (χ2n) is 4.83. The molecule has 2 rings (SSSR count). The lowest BCUT2D eigenvalue weighted by Crippen LogP contribution is -2.35. The Morgan fingerprint density at radius 3 is 2.90 bits per heavy atom. The molecule has 0 atom stereocenters. The summed E-state index contributed by atoms with van der Waals surface area (Å²) in [5, 5.41) is 19.6. The number of hydrogen-bond donors (Lipinski definition) is 2. The number of rotatable bonds is 3. The van der Waals surface area contributed by atoms with Crippen LogP contribution in [0.2, 0.25) is 0 Å². The molecular formula is C15H20N2O3S. The monoisotopic (exact) mass is 308 g/mol. The lowest BCUT2D eigenvalue weighted by molar-refractivity contribution is 0.0765. The van der Waals surface area contributed by atoms with Crippen molar-refractivity contribution in [2.24, 2.45) is 0 Å². The molecule has 114 valence electrons. The van der Waals surface area contributed by atoms with Crippen LogP contribution in [0.3, 0.4) is 0 Å². The lowest BCUT2D eigenvalue weighted by Gasteiger charge is -2.21. The number of thiophene rings is 1. The van der Waals surface area contributed by atoms with Crippen molar-refractivity contribution in [3.8, 4) is 11.8 Å². The smallest absolute Gasteiger partial charge is 0.265 e. The Morgan fingerprint density at radius 2 is 2.14 bits per heavy atom. The topological polar surface area (TPSA) is 64.0 Å². The number of carbonyl (C=O) groups is 1. The summed E-state index contributed by atoms with van der Waals surface area (Å²) in [6, 6.07) is 1.82. The van der Waals surface area contributed by atoms with Gasteiger partial charge in [0.15, 0.2) is 0 Å². The molecule has 0 spiro atoms. The number of hydrogen-bond acceptors (Lipinski definition) is 5. The zero-order valence-corrected chi connectivity index (χ0v) is 12.7. The Hall–Kier alpha value is -1.39. The van der Waals surface area contributed by atoms with Gasteiger partial charge < -0.3 is 15.1 Å². The van der Waals surface area contributed by atoms with Crippen LogP contribution in [0.5, 0.6) is 0 Å². The molecular weight excluding hydrogens is 288 g/mol. The molecule has 1 aliphatic rings.